The molecule has 0 aliphatic rings. The lowest BCUT2D eigenvalue weighted by atomic mass is 10.0. The van der Waals surface area contributed by atoms with Crippen molar-refractivity contribution in [3.05, 3.63) is 89.5 Å². The zero-order valence-electron chi connectivity index (χ0n) is 13.4. The van der Waals surface area contributed by atoms with Gasteiger partial charge in [-0.1, -0.05) is 12.7 Å². The van der Waals surface area contributed by atoms with E-state index in [-0.39, 0.29) is 16.8 Å². The molecule has 0 bridgehead atoms. The zero-order chi connectivity index (χ0) is 18.7. The van der Waals surface area contributed by atoms with Gasteiger partial charge in [-0.25, -0.2) is 8.78 Å². The quantitative estimate of drug-likeness (QED) is 0.685. The second-order valence-electron chi connectivity index (χ2n) is 5.36. The number of benzene rings is 1. The fourth-order valence-electron chi connectivity index (χ4n) is 2.37. The molecule has 5 nitrogen and oxygen atoms in total. The van der Waals surface area contributed by atoms with E-state index >= 15 is 0 Å². The molecule has 0 spiro atoms. The minimum atomic E-state index is -0.993. The predicted octanol–water partition coefficient (Wildman–Crippen LogP) is 3.81. The number of anilines is 1. The molecule has 0 radical (unpaired) electrons. The van der Waals surface area contributed by atoms with Crippen LogP contribution in [0.15, 0.2) is 55.5 Å². The number of hydrogen-bond donors (Lipinski definition) is 2. The minimum absolute atomic E-state index is 0.0137. The van der Waals surface area contributed by atoms with Gasteiger partial charge >= 0.3 is 0 Å². The summed E-state index contributed by atoms with van der Waals surface area (Å²) in [5.41, 5.74) is -0.186. The van der Waals surface area contributed by atoms with Gasteiger partial charge in [0, 0.05) is 23.5 Å². The van der Waals surface area contributed by atoms with E-state index < -0.39 is 28.9 Å². The lowest BCUT2D eigenvalue weighted by molar-refractivity contribution is 0.102. The molecule has 1 aromatic carbocycles. The van der Waals surface area contributed by atoms with E-state index in [9.17, 15) is 18.4 Å². The number of carbonyl (C=O) groups is 2. The highest BCUT2D eigenvalue weighted by Gasteiger charge is 2.22. The Bertz CT molecular complexity index is 997. The number of amides is 1. The normalized spacial score (nSPS) is 10.4. The summed E-state index contributed by atoms with van der Waals surface area (Å²) in [5.74, 6) is -3.37. The molecule has 1 amide bonds. The van der Waals surface area contributed by atoms with Crippen LogP contribution in [0.5, 0.6) is 0 Å². The second-order valence-corrected chi connectivity index (χ2v) is 5.36. The fraction of sp³-hybridized carbons (Fsp3) is 0. The highest BCUT2D eigenvalue weighted by atomic mass is 19.1. The van der Waals surface area contributed by atoms with Gasteiger partial charge in [0.2, 0.25) is 5.78 Å². The van der Waals surface area contributed by atoms with Gasteiger partial charge in [-0.2, -0.15) is 0 Å². The summed E-state index contributed by atoms with van der Waals surface area (Å²) in [4.78, 5) is 31.1. The molecule has 130 valence electrons. The number of halogens is 2. The molecule has 2 N–H and O–H groups in total. The lowest BCUT2D eigenvalue weighted by Gasteiger charge is -2.05. The number of nitrogens with zero attached hydrogens (tertiary/aromatic N) is 1. The van der Waals surface area contributed by atoms with Crippen LogP contribution >= 0.6 is 0 Å². The Hall–Kier alpha value is -3.61. The molecule has 0 saturated carbocycles. The third-order valence-corrected chi connectivity index (χ3v) is 3.68. The van der Waals surface area contributed by atoms with Crippen molar-refractivity contribution in [3.8, 4) is 0 Å². The van der Waals surface area contributed by atoms with Gasteiger partial charge in [0.05, 0.1) is 17.4 Å². The van der Waals surface area contributed by atoms with Crippen molar-refractivity contribution in [2.45, 2.75) is 0 Å². The standard InChI is InChI=1S/C19H13F2N3O2/c1-2-11-5-6-14(20)16(17(11)21)18(25)12-8-15(23-9-12)19(26)24-13-4-3-7-22-10-13/h2-10,23H,1H2,(H,24,26). The van der Waals surface area contributed by atoms with Crippen LogP contribution < -0.4 is 5.32 Å². The van der Waals surface area contributed by atoms with Gasteiger partial charge < -0.3 is 10.3 Å². The van der Waals surface area contributed by atoms with Gasteiger partial charge in [-0.05, 0) is 30.3 Å². The van der Waals surface area contributed by atoms with Crippen molar-refractivity contribution in [3.63, 3.8) is 0 Å². The number of aromatic amines is 1. The predicted molar refractivity (Wildman–Crippen MR) is 92.9 cm³/mol. The minimum Gasteiger partial charge on any atom is -0.356 e. The molecule has 2 heterocycles. The maximum atomic E-state index is 14.3. The number of carbonyl (C=O) groups excluding carboxylic acids is 2. The number of H-pyrrole nitrogens is 1. The summed E-state index contributed by atoms with van der Waals surface area (Å²) >= 11 is 0. The van der Waals surface area contributed by atoms with Crippen LogP contribution in [0, 0.1) is 11.6 Å². The highest BCUT2D eigenvalue weighted by Crippen LogP contribution is 2.22. The van der Waals surface area contributed by atoms with Crippen molar-refractivity contribution in [1.29, 1.82) is 0 Å². The Morgan fingerprint density at radius 3 is 2.73 bits per heavy atom. The van der Waals surface area contributed by atoms with E-state index in [4.69, 9.17) is 0 Å². The van der Waals surface area contributed by atoms with E-state index in [2.05, 4.69) is 21.9 Å². The zero-order valence-corrected chi connectivity index (χ0v) is 13.4. The molecule has 0 aliphatic carbocycles. The van der Waals surface area contributed by atoms with Crippen LogP contribution in [0.3, 0.4) is 0 Å². The van der Waals surface area contributed by atoms with Gasteiger partial charge in [0.25, 0.3) is 5.91 Å². The van der Waals surface area contributed by atoms with E-state index in [1.807, 2.05) is 0 Å². The van der Waals surface area contributed by atoms with Gasteiger partial charge in [0.1, 0.15) is 17.3 Å². The number of pyridine rings is 1. The topological polar surface area (TPSA) is 74.8 Å². The number of aromatic nitrogens is 2. The molecule has 0 saturated heterocycles. The number of rotatable bonds is 5. The molecule has 0 atom stereocenters. The van der Waals surface area contributed by atoms with E-state index in [1.54, 1.807) is 18.3 Å². The first-order valence-corrected chi connectivity index (χ1v) is 7.56. The van der Waals surface area contributed by atoms with Crippen LogP contribution in [-0.4, -0.2) is 21.7 Å². The van der Waals surface area contributed by atoms with Crippen molar-refractivity contribution in [2.75, 3.05) is 5.32 Å². The average molecular weight is 353 g/mol. The van der Waals surface area contributed by atoms with Crippen LogP contribution in [0.4, 0.5) is 14.5 Å². The Morgan fingerprint density at radius 1 is 1.23 bits per heavy atom. The monoisotopic (exact) mass is 353 g/mol. The van der Waals surface area contributed by atoms with Crippen LogP contribution in [0.1, 0.15) is 32.0 Å². The van der Waals surface area contributed by atoms with Crippen LogP contribution in [0.2, 0.25) is 0 Å². The lowest BCUT2D eigenvalue weighted by Crippen LogP contribution is -2.12. The Labute approximate surface area is 147 Å². The average Bonchev–Trinajstić information content (AvgIpc) is 3.13. The van der Waals surface area contributed by atoms with Crippen molar-refractivity contribution < 1.29 is 18.4 Å². The number of hydrogen-bond acceptors (Lipinski definition) is 3. The smallest absolute Gasteiger partial charge is 0.272 e. The molecule has 3 aromatic rings. The molecule has 26 heavy (non-hydrogen) atoms. The van der Waals surface area contributed by atoms with Crippen molar-refractivity contribution >= 4 is 23.5 Å². The number of ketones is 1. The van der Waals surface area contributed by atoms with Crippen LogP contribution in [0.25, 0.3) is 6.08 Å². The summed E-state index contributed by atoms with van der Waals surface area (Å²) in [6.07, 6.45) is 5.43. The first kappa shape index (κ1) is 17.2. The molecule has 2 aromatic heterocycles. The summed E-state index contributed by atoms with van der Waals surface area (Å²) in [6.45, 7) is 3.42. The number of nitrogens with one attached hydrogen (secondary N) is 2. The molecule has 0 aliphatic heterocycles. The van der Waals surface area contributed by atoms with Crippen LogP contribution in [-0.2, 0) is 0 Å². The Balaban J connectivity index is 1.87. The van der Waals surface area contributed by atoms with Gasteiger partial charge in [0.15, 0.2) is 0 Å². The van der Waals surface area contributed by atoms with E-state index in [0.29, 0.717) is 5.69 Å². The van der Waals surface area contributed by atoms with Crippen molar-refractivity contribution in [2.24, 2.45) is 0 Å². The van der Waals surface area contributed by atoms with Gasteiger partial charge in [-0.3, -0.25) is 14.6 Å². The summed E-state index contributed by atoms with van der Waals surface area (Å²) < 4.78 is 28.3. The van der Waals surface area contributed by atoms with Gasteiger partial charge in [-0.15, -0.1) is 0 Å². The third-order valence-electron chi connectivity index (χ3n) is 3.68. The highest BCUT2D eigenvalue weighted by molar-refractivity contribution is 6.11. The SMILES string of the molecule is C=Cc1ccc(F)c(C(=O)c2c[nH]c(C(=O)Nc3cccnc3)c2)c1F. The maximum Gasteiger partial charge on any atom is 0.272 e. The molecule has 3 rings (SSSR count). The maximum absolute atomic E-state index is 14.3. The Morgan fingerprint density at radius 2 is 2.04 bits per heavy atom. The summed E-state index contributed by atoms with van der Waals surface area (Å²) in [6, 6.07) is 6.71. The first-order chi connectivity index (χ1) is 12.5. The summed E-state index contributed by atoms with van der Waals surface area (Å²) in [7, 11) is 0. The first-order valence-electron chi connectivity index (χ1n) is 7.56. The Kier molecular flexibility index (Phi) is 4.70. The molecular formula is C19H13F2N3O2. The molecule has 0 fully saturated rings. The van der Waals surface area contributed by atoms with E-state index in [0.717, 1.165) is 6.07 Å². The summed E-state index contributed by atoms with van der Waals surface area (Å²) in [5, 5.41) is 2.59. The fourth-order valence-corrected chi connectivity index (χ4v) is 2.37. The second kappa shape index (κ2) is 7.10. The largest absolute Gasteiger partial charge is 0.356 e. The van der Waals surface area contributed by atoms with Crippen molar-refractivity contribution in [1.82, 2.24) is 9.97 Å². The third kappa shape index (κ3) is 3.27. The molecule has 7 heteroatoms. The van der Waals surface area contributed by atoms with E-state index in [1.165, 1.54) is 30.6 Å². The molecule has 0 unspecified atom stereocenters. The molecular weight excluding hydrogens is 340 g/mol.